The van der Waals surface area contributed by atoms with E-state index in [1.54, 1.807) is 0 Å². The molecule has 0 aromatic carbocycles. The second-order valence-corrected chi connectivity index (χ2v) is 14.2. The third-order valence-electron chi connectivity index (χ3n) is 10.9. The van der Waals surface area contributed by atoms with E-state index in [9.17, 15) is 86.8 Å². The highest BCUT2D eigenvalue weighted by Gasteiger charge is 2.70. The fourth-order valence-corrected chi connectivity index (χ4v) is 7.65. The SMILES string of the molecule is C[C@@H]1O[C@](O[C@H]2CO[C@H](CO)[C@@H](O)[C@@H]2O)([C@@H]2O[C@H](CO)[C@@H](O)[C@H](O)[C@H]2O[C@]2([C@@H]3O[C@H](CO)[C@@H](O)[C@H](O)[C@H]3O)O[C@H](CO)[C@@H](O)[C@H](O)[C@H]2O)[C@H](O)[C@H](O)[C@H]1O. The highest BCUT2D eigenvalue weighted by atomic mass is 16.8. The molecule has 0 spiro atoms. The summed E-state index contributed by atoms with van der Waals surface area (Å²) in [5.74, 6) is -6.32. The predicted octanol–water partition coefficient (Wildman–Crippen LogP) is -11.4. The zero-order valence-corrected chi connectivity index (χ0v) is 28.7. The van der Waals surface area contributed by atoms with Crippen LogP contribution in [0.5, 0.6) is 0 Å². The maximum absolute atomic E-state index is 11.7. The van der Waals surface area contributed by atoms with Gasteiger partial charge in [-0.3, -0.25) is 0 Å². The van der Waals surface area contributed by atoms with Crippen LogP contribution in [0.1, 0.15) is 6.92 Å². The Kier molecular flexibility index (Phi) is 14.0. The first-order valence-corrected chi connectivity index (χ1v) is 17.3. The highest BCUT2D eigenvalue weighted by molar-refractivity contribution is 5.12. The molecule has 5 aliphatic rings. The Hall–Kier alpha value is -0.960. The molecule has 316 valence electrons. The summed E-state index contributed by atoms with van der Waals surface area (Å²) >= 11 is 0. The number of ether oxygens (including phenoxy) is 7. The van der Waals surface area contributed by atoms with Gasteiger partial charge in [-0.1, -0.05) is 0 Å². The van der Waals surface area contributed by atoms with Gasteiger partial charge in [0.1, 0.15) is 128 Å². The van der Waals surface area contributed by atoms with Crippen molar-refractivity contribution in [2.75, 3.05) is 33.0 Å². The van der Waals surface area contributed by atoms with Gasteiger partial charge >= 0.3 is 0 Å². The Bertz CT molecular complexity index is 1220. The van der Waals surface area contributed by atoms with E-state index in [0.29, 0.717) is 0 Å². The van der Waals surface area contributed by atoms with Crippen LogP contribution in [0.4, 0.5) is 0 Å². The van der Waals surface area contributed by atoms with E-state index in [1.165, 1.54) is 6.92 Å². The van der Waals surface area contributed by atoms with E-state index >= 15 is 0 Å². The average Bonchev–Trinajstić information content (AvgIpc) is 3.16. The van der Waals surface area contributed by atoms with E-state index in [-0.39, 0.29) is 0 Å². The number of rotatable bonds is 10. The molecule has 5 heterocycles. The van der Waals surface area contributed by atoms with Gasteiger partial charge in [0, 0.05) is 0 Å². The fraction of sp³-hybridized carbons (Fsp3) is 1.00. The molecule has 54 heavy (non-hydrogen) atoms. The Morgan fingerprint density at radius 1 is 0.463 bits per heavy atom. The van der Waals surface area contributed by atoms with Gasteiger partial charge in [-0.15, -0.1) is 0 Å². The van der Waals surface area contributed by atoms with Crippen molar-refractivity contribution in [1.29, 1.82) is 0 Å². The van der Waals surface area contributed by atoms with Crippen LogP contribution >= 0.6 is 0 Å². The normalized spacial score (nSPS) is 56.1. The highest BCUT2D eigenvalue weighted by Crippen LogP contribution is 2.47. The smallest absolute Gasteiger partial charge is 0.228 e. The van der Waals surface area contributed by atoms with Crippen molar-refractivity contribution in [2.24, 2.45) is 0 Å². The molecule has 5 aliphatic heterocycles. The van der Waals surface area contributed by atoms with Crippen LogP contribution in [0.15, 0.2) is 0 Å². The molecule has 0 aliphatic carbocycles. The average molecular weight is 797 g/mol. The minimum Gasteiger partial charge on any atom is -0.394 e. The standard InChI is InChI=1S/C30H52O24/c1-7-13(35)21(43)25(46)30(51-7,53-12-6-48-8(2-31)14(36)18(12)40)28-24(20(42)16(38)10(4-33)50-28)54-29(26(47)22(44)17(39)11(5-34)52-29)27-23(45)19(41)15(37)9(3-32)49-27/h7-28,31-47H,2-6H2,1H3/t7-,8+,9+,10+,11+,12-,13-,14+,15+,16+,17+,18+,19-,20-,21+,22-,23+,24+,25+,26+,27+,28+,29+,30+/m0/s1. The second kappa shape index (κ2) is 17.1. The molecule has 24 atom stereocenters. The lowest BCUT2D eigenvalue weighted by molar-refractivity contribution is -0.467. The lowest BCUT2D eigenvalue weighted by Gasteiger charge is -2.59. The summed E-state index contributed by atoms with van der Waals surface area (Å²) in [5.41, 5.74) is 0. The van der Waals surface area contributed by atoms with Crippen molar-refractivity contribution in [1.82, 2.24) is 0 Å². The largest absolute Gasteiger partial charge is 0.394 e. The minimum atomic E-state index is -3.26. The number of hydrogen-bond donors (Lipinski definition) is 17. The molecule has 0 saturated carbocycles. The van der Waals surface area contributed by atoms with Crippen LogP contribution in [0, 0.1) is 0 Å². The van der Waals surface area contributed by atoms with Gasteiger partial charge in [-0.25, -0.2) is 0 Å². The number of aliphatic hydroxyl groups is 17. The summed E-state index contributed by atoms with van der Waals surface area (Å²) in [6, 6.07) is 0. The molecule has 0 bridgehead atoms. The maximum Gasteiger partial charge on any atom is 0.228 e. The van der Waals surface area contributed by atoms with Gasteiger partial charge in [0.05, 0.1) is 39.1 Å². The molecular formula is C30H52O24. The predicted molar refractivity (Wildman–Crippen MR) is 164 cm³/mol. The minimum absolute atomic E-state index is 0.667. The molecule has 24 nitrogen and oxygen atoms in total. The number of aliphatic hydroxyl groups excluding tert-OH is 17. The van der Waals surface area contributed by atoms with E-state index in [0.717, 1.165) is 0 Å². The van der Waals surface area contributed by atoms with Crippen molar-refractivity contribution in [3.05, 3.63) is 0 Å². The molecule has 5 rings (SSSR count). The molecular weight excluding hydrogens is 744 g/mol. The second-order valence-electron chi connectivity index (χ2n) is 14.2. The van der Waals surface area contributed by atoms with Gasteiger partial charge in [-0.2, -0.15) is 0 Å². The van der Waals surface area contributed by atoms with Gasteiger partial charge in [0.2, 0.25) is 11.6 Å². The van der Waals surface area contributed by atoms with E-state index in [1.807, 2.05) is 0 Å². The molecule has 0 aromatic rings. The first kappa shape index (κ1) is 44.1. The van der Waals surface area contributed by atoms with Gasteiger partial charge < -0.3 is 120 Å². The third kappa shape index (κ3) is 7.33. The van der Waals surface area contributed by atoms with Crippen LogP contribution < -0.4 is 0 Å². The first-order valence-electron chi connectivity index (χ1n) is 17.3. The monoisotopic (exact) mass is 796 g/mol. The maximum atomic E-state index is 11.7. The van der Waals surface area contributed by atoms with Crippen molar-refractivity contribution in [2.45, 2.75) is 153 Å². The Labute approximate surface area is 306 Å². The Morgan fingerprint density at radius 3 is 1.48 bits per heavy atom. The topological polar surface area (TPSA) is 409 Å². The molecule has 17 N–H and O–H groups in total. The molecule has 0 unspecified atom stereocenters. The van der Waals surface area contributed by atoms with Crippen LogP contribution in [0.3, 0.4) is 0 Å². The molecule has 0 aromatic heterocycles. The summed E-state index contributed by atoms with van der Waals surface area (Å²) in [6.07, 6.45) is -46.1. The fourth-order valence-electron chi connectivity index (χ4n) is 7.65. The zero-order chi connectivity index (χ0) is 40.2. The van der Waals surface area contributed by atoms with Crippen molar-refractivity contribution >= 4 is 0 Å². The van der Waals surface area contributed by atoms with Crippen molar-refractivity contribution in [3.8, 4) is 0 Å². The summed E-state index contributed by atoms with van der Waals surface area (Å²) in [7, 11) is 0. The Morgan fingerprint density at radius 2 is 0.926 bits per heavy atom. The lowest BCUT2D eigenvalue weighted by atomic mass is 9.80. The van der Waals surface area contributed by atoms with E-state index < -0.39 is 179 Å². The summed E-state index contributed by atoms with van der Waals surface area (Å²) < 4.78 is 40.8. The molecule has 5 fully saturated rings. The van der Waals surface area contributed by atoms with E-state index in [4.69, 9.17) is 33.2 Å². The molecule has 0 radical (unpaired) electrons. The summed E-state index contributed by atoms with van der Waals surface area (Å²) in [6.45, 7) is -3.56. The van der Waals surface area contributed by atoms with Gasteiger partial charge in [-0.05, 0) is 6.92 Å². The van der Waals surface area contributed by atoms with Gasteiger partial charge in [0.25, 0.3) is 0 Å². The van der Waals surface area contributed by atoms with Crippen molar-refractivity contribution < 1.29 is 120 Å². The Balaban J connectivity index is 1.69. The third-order valence-corrected chi connectivity index (χ3v) is 10.9. The molecule has 0 amide bonds. The first-order chi connectivity index (χ1) is 25.4. The summed E-state index contributed by atoms with van der Waals surface area (Å²) in [4.78, 5) is 0. The van der Waals surface area contributed by atoms with Crippen molar-refractivity contribution in [3.63, 3.8) is 0 Å². The zero-order valence-electron chi connectivity index (χ0n) is 28.7. The molecule has 24 heteroatoms. The van der Waals surface area contributed by atoms with Crippen LogP contribution in [-0.4, -0.2) is 266 Å². The number of hydrogen-bond acceptors (Lipinski definition) is 24. The van der Waals surface area contributed by atoms with Gasteiger partial charge in [0.15, 0.2) is 0 Å². The van der Waals surface area contributed by atoms with E-state index in [2.05, 4.69) is 0 Å². The summed E-state index contributed by atoms with van der Waals surface area (Å²) in [5, 5.41) is 183. The van der Waals surface area contributed by atoms with Crippen LogP contribution in [0.25, 0.3) is 0 Å². The van der Waals surface area contributed by atoms with Crippen LogP contribution in [-0.2, 0) is 33.2 Å². The molecule has 5 saturated heterocycles. The van der Waals surface area contributed by atoms with Crippen LogP contribution in [0.2, 0.25) is 0 Å². The quantitative estimate of drug-likeness (QED) is 0.0975. The lowest BCUT2D eigenvalue weighted by Crippen LogP contribution is -2.80.